The maximum atomic E-state index is 13.0. The number of carbonyl (C=O) groups excluding carboxylic acids is 1. The number of aryl methyl sites for hydroxylation is 1. The first-order chi connectivity index (χ1) is 12.6. The van der Waals surface area contributed by atoms with E-state index in [1.807, 2.05) is 29.2 Å². The number of carbonyl (C=O) groups is 1. The van der Waals surface area contributed by atoms with E-state index in [0.29, 0.717) is 17.9 Å². The highest BCUT2D eigenvalue weighted by molar-refractivity contribution is 5.95. The van der Waals surface area contributed by atoms with E-state index in [1.165, 1.54) is 6.42 Å². The fourth-order valence-corrected chi connectivity index (χ4v) is 4.37. The average Bonchev–Trinajstić information content (AvgIpc) is 3.25. The second-order valence-corrected chi connectivity index (χ2v) is 7.58. The van der Waals surface area contributed by atoms with Crippen LogP contribution in [0, 0.1) is 5.41 Å². The van der Waals surface area contributed by atoms with Gasteiger partial charge in [0.25, 0.3) is 5.91 Å². The standard InChI is InChI=1S/C20H26N4O2/c1-3-6-17-21-18(23-22-17)16-12-24(13-20(16)9-5-10-20)19(25)14-7-4-8-15(11-14)26-2/h4,7-8,11,16H,3,5-6,9-10,12-13H2,1-2H3,(H,21,22,23). The lowest BCUT2D eigenvalue weighted by Gasteiger charge is -2.41. The van der Waals surface area contributed by atoms with Crippen LogP contribution in [-0.4, -0.2) is 46.2 Å². The van der Waals surface area contributed by atoms with Gasteiger partial charge in [-0.1, -0.05) is 19.4 Å². The number of nitrogens with one attached hydrogen (secondary N) is 1. The molecule has 1 N–H and O–H groups in total. The first-order valence-corrected chi connectivity index (χ1v) is 9.50. The van der Waals surface area contributed by atoms with Crippen molar-refractivity contribution in [3.8, 4) is 5.75 Å². The molecule has 2 aromatic rings. The second-order valence-electron chi connectivity index (χ2n) is 7.58. The van der Waals surface area contributed by atoms with Gasteiger partial charge >= 0.3 is 0 Å². The number of ether oxygens (including phenoxy) is 1. The van der Waals surface area contributed by atoms with Crippen LogP contribution in [0.4, 0.5) is 0 Å². The number of hydrogen-bond donors (Lipinski definition) is 1. The van der Waals surface area contributed by atoms with Gasteiger partial charge in [-0.3, -0.25) is 9.89 Å². The molecular formula is C20H26N4O2. The van der Waals surface area contributed by atoms with Crippen molar-refractivity contribution >= 4 is 5.91 Å². The number of benzene rings is 1. The molecule has 1 aromatic carbocycles. The van der Waals surface area contributed by atoms with Crippen LogP contribution in [0.1, 0.15) is 60.5 Å². The number of rotatable bonds is 5. The van der Waals surface area contributed by atoms with Crippen LogP contribution in [0.25, 0.3) is 0 Å². The van der Waals surface area contributed by atoms with Crippen LogP contribution in [0.3, 0.4) is 0 Å². The van der Waals surface area contributed by atoms with Crippen LogP contribution >= 0.6 is 0 Å². The summed E-state index contributed by atoms with van der Waals surface area (Å²) in [7, 11) is 1.62. The molecule has 0 radical (unpaired) electrons. The zero-order valence-corrected chi connectivity index (χ0v) is 15.5. The third-order valence-electron chi connectivity index (χ3n) is 5.95. The summed E-state index contributed by atoms with van der Waals surface area (Å²) in [6, 6.07) is 7.40. The predicted molar refractivity (Wildman–Crippen MR) is 98.3 cm³/mol. The lowest BCUT2D eigenvalue weighted by Crippen LogP contribution is -2.38. The Morgan fingerprint density at radius 3 is 2.96 bits per heavy atom. The summed E-state index contributed by atoms with van der Waals surface area (Å²) in [5, 5.41) is 7.57. The number of likely N-dealkylation sites (tertiary alicyclic amines) is 1. The molecule has 1 saturated carbocycles. The molecule has 4 rings (SSSR count). The fourth-order valence-electron chi connectivity index (χ4n) is 4.37. The second kappa shape index (κ2) is 6.74. The third-order valence-corrected chi connectivity index (χ3v) is 5.95. The molecule has 6 nitrogen and oxygen atoms in total. The van der Waals surface area contributed by atoms with Gasteiger partial charge in [0.1, 0.15) is 11.6 Å². The fraction of sp³-hybridized carbons (Fsp3) is 0.550. The van der Waals surface area contributed by atoms with Gasteiger partial charge in [0.05, 0.1) is 7.11 Å². The Hall–Kier alpha value is -2.37. The number of methoxy groups -OCH3 is 1. The number of amides is 1. The van der Waals surface area contributed by atoms with Crippen LogP contribution in [0.5, 0.6) is 5.75 Å². The molecule has 6 heteroatoms. The Morgan fingerprint density at radius 1 is 1.42 bits per heavy atom. The smallest absolute Gasteiger partial charge is 0.254 e. The lowest BCUT2D eigenvalue weighted by molar-refractivity contribution is 0.0723. The number of nitrogens with zero attached hydrogens (tertiary/aromatic N) is 3. The average molecular weight is 354 g/mol. The van der Waals surface area contributed by atoms with Crippen molar-refractivity contribution in [1.82, 2.24) is 20.1 Å². The van der Waals surface area contributed by atoms with Gasteiger partial charge < -0.3 is 9.64 Å². The van der Waals surface area contributed by atoms with Crippen LogP contribution in [0.2, 0.25) is 0 Å². The Morgan fingerprint density at radius 2 is 2.27 bits per heavy atom. The van der Waals surface area contributed by atoms with Gasteiger partial charge in [-0.25, -0.2) is 4.98 Å². The lowest BCUT2D eigenvalue weighted by atomic mass is 9.62. The summed E-state index contributed by atoms with van der Waals surface area (Å²) in [6.07, 6.45) is 5.49. The van der Waals surface area contributed by atoms with Crippen LogP contribution < -0.4 is 4.74 Å². The highest BCUT2D eigenvalue weighted by Crippen LogP contribution is 2.55. The van der Waals surface area contributed by atoms with Gasteiger partial charge in [0, 0.05) is 31.0 Å². The molecule has 1 saturated heterocycles. The minimum Gasteiger partial charge on any atom is -0.497 e. The Bertz CT molecular complexity index is 797. The van der Waals surface area contributed by atoms with Gasteiger partial charge in [-0.15, -0.1) is 0 Å². The van der Waals surface area contributed by atoms with E-state index in [-0.39, 0.29) is 17.2 Å². The van der Waals surface area contributed by atoms with Crippen molar-refractivity contribution in [2.75, 3.05) is 20.2 Å². The topological polar surface area (TPSA) is 71.1 Å². The molecular weight excluding hydrogens is 328 g/mol. The monoisotopic (exact) mass is 354 g/mol. The highest BCUT2D eigenvalue weighted by atomic mass is 16.5. The Labute approximate surface area is 154 Å². The summed E-state index contributed by atoms with van der Waals surface area (Å²) >= 11 is 0. The zero-order chi connectivity index (χ0) is 18.1. The Kier molecular flexibility index (Phi) is 4.42. The van der Waals surface area contributed by atoms with Gasteiger partial charge in [-0.05, 0) is 42.9 Å². The number of aromatic nitrogens is 3. The van der Waals surface area contributed by atoms with E-state index >= 15 is 0 Å². The normalized spacial score (nSPS) is 21.0. The molecule has 1 spiro atoms. The van der Waals surface area contributed by atoms with Crippen molar-refractivity contribution in [3.63, 3.8) is 0 Å². The number of H-pyrrole nitrogens is 1. The summed E-state index contributed by atoms with van der Waals surface area (Å²) in [5.74, 6) is 2.85. The van der Waals surface area contributed by atoms with Gasteiger partial charge in [-0.2, -0.15) is 5.10 Å². The minimum absolute atomic E-state index is 0.0713. The SMILES string of the molecule is CCCc1nc(C2CN(C(=O)c3cccc(OC)c3)CC23CCC3)n[nH]1. The molecule has 1 unspecified atom stereocenters. The van der Waals surface area contributed by atoms with Crippen molar-refractivity contribution < 1.29 is 9.53 Å². The molecule has 1 aliphatic heterocycles. The molecule has 138 valence electrons. The molecule has 2 fully saturated rings. The third kappa shape index (κ3) is 2.87. The number of aromatic amines is 1. The zero-order valence-electron chi connectivity index (χ0n) is 15.5. The molecule has 0 bridgehead atoms. The summed E-state index contributed by atoms with van der Waals surface area (Å²) in [4.78, 5) is 19.8. The van der Waals surface area contributed by atoms with E-state index in [1.54, 1.807) is 7.11 Å². The summed E-state index contributed by atoms with van der Waals surface area (Å²) in [5.41, 5.74) is 0.835. The van der Waals surface area contributed by atoms with E-state index in [9.17, 15) is 4.79 Å². The Balaban J connectivity index is 1.56. The molecule has 26 heavy (non-hydrogen) atoms. The van der Waals surface area contributed by atoms with Crippen molar-refractivity contribution in [1.29, 1.82) is 0 Å². The first-order valence-electron chi connectivity index (χ1n) is 9.50. The van der Waals surface area contributed by atoms with Gasteiger partial charge in [0.2, 0.25) is 0 Å². The number of hydrogen-bond acceptors (Lipinski definition) is 4. The molecule has 1 aliphatic carbocycles. The van der Waals surface area contributed by atoms with Gasteiger partial charge in [0.15, 0.2) is 5.82 Å². The van der Waals surface area contributed by atoms with E-state index in [4.69, 9.17) is 9.72 Å². The molecule has 2 heterocycles. The highest BCUT2D eigenvalue weighted by Gasteiger charge is 2.53. The predicted octanol–water partition coefficient (Wildman–Crippen LogP) is 3.18. The van der Waals surface area contributed by atoms with E-state index in [0.717, 1.165) is 43.9 Å². The van der Waals surface area contributed by atoms with Crippen molar-refractivity contribution in [2.24, 2.45) is 5.41 Å². The molecule has 1 amide bonds. The van der Waals surface area contributed by atoms with Crippen LogP contribution in [0.15, 0.2) is 24.3 Å². The maximum absolute atomic E-state index is 13.0. The van der Waals surface area contributed by atoms with Crippen molar-refractivity contribution in [2.45, 2.75) is 44.9 Å². The first kappa shape index (κ1) is 17.1. The van der Waals surface area contributed by atoms with Crippen molar-refractivity contribution in [3.05, 3.63) is 41.5 Å². The molecule has 2 aliphatic rings. The summed E-state index contributed by atoms with van der Waals surface area (Å²) < 4.78 is 5.26. The van der Waals surface area contributed by atoms with E-state index < -0.39 is 0 Å². The minimum atomic E-state index is 0.0713. The quantitative estimate of drug-likeness (QED) is 0.895. The van der Waals surface area contributed by atoms with E-state index in [2.05, 4.69) is 17.1 Å². The molecule has 1 atom stereocenters. The maximum Gasteiger partial charge on any atom is 0.254 e. The summed E-state index contributed by atoms with van der Waals surface area (Å²) in [6.45, 7) is 3.63. The molecule has 1 aromatic heterocycles. The van der Waals surface area contributed by atoms with Crippen LogP contribution in [-0.2, 0) is 6.42 Å². The largest absolute Gasteiger partial charge is 0.497 e.